The van der Waals surface area contributed by atoms with Crippen molar-refractivity contribution in [2.24, 2.45) is 5.73 Å². The summed E-state index contributed by atoms with van der Waals surface area (Å²) in [7, 11) is 0. The molecule has 2 rings (SSSR count). The van der Waals surface area contributed by atoms with Crippen molar-refractivity contribution in [3.8, 4) is 0 Å². The summed E-state index contributed by atoms with van der Waals surface area (Å²) in [4.78, 5) is 1.25. The van der Waals surface area contributed by atoms with E-state index in [1.54, 1.807) is 11.3 Å². The first kappa shape index (κ1) is 11.1. The standard InChI is InChI=1S/C11H17NO2S/c1-7-3-4-15-11(7)10(8(2)12)14-9-5-13-6-9/h3-4,8-10H,5-6,12H2,1-2H3. The van der Waals surface area contributed by atoms with Gasteiger partial charge in [0.15, 0.2) is 0 Å². The number of thiophene rings is 1. The van der Waals surface area contributed by atoms with Crippen LogP contribution < -0.4 is 5.73 Å². The van der Waals surface area contributed by atoms with Crippen molar-refractivity contribution in [3.63, 3.8) is 0 Å². The molecule has 0 bridgehead atoms. The van der Waals surface area contributed by atoms with Gasteiger partial charge in [-0.1, -0.05) is 0 Å². The summed E-state index contributed by atoms with van der Waals surface area (Å²) in [5.74, 6) is 0. The summed E-state index contributed by atoms with van der Waals surface area (Å²) >= 11 is 1.72. The first-order valence-corrected chi connectivity index (χ1v) is 6.09. The van der Waals surface area contributed by atoms with Crippen LogP contribution in [0.25, 0.3) is 0 Å². The average Bonchev–Trinajstić information content (AvgIpc) is 2.49. The van der Waals surface area contributed by atoms with Gasteiger partial charge in [0.2, 0.25) is 0 Å². The van der Waals surface area contributed by atoms with Crippen LogP contribution >= 0.6 is 11.3 Å². The van der Waals surface area contributed by atoms with Gasteiger partial charge in [-0.15, -0.1) is 11.3 Å². The molecule has 15 heavy (non-hydrogen) atoms. The van der Waals surface area contributed by atoms with E-state index in [1.807, 2.05) is 6.92 Å². The molecule has 1 aliphatic rings. The Balaban J connectivity index is 2.08. The van der Waals surface area contributed by atoms with Crippen LogP contribution in [0.3, 0.4) is 0 Å². The molecule has 0 saturated carbocycles. The zero-order valence-corrected chi connectivity index (χ0v) is 9.92. The SMILES string of the molecule is Cc1ccsc1C(OC1COC1)C(C)N. The number of aryl methyl sites for hydroxylation is 1. The molecule has 2 unspecified atom stereocenters. The largest absolute Gasteiger partial charge is 0.376 e. The molecule has 0 aliphatic carbocycles. The lowest BCUT2D eigenvalue weighted by molar-refractivity contribution is -0.158. The van der Waals surface area contributed by atoms with Crippen LogP contribution in [0.1, 0.15) is 23.5 Å². The molecule has 3 nitrogen and oxygen atoms in total. The van der Waals surface area contributed by atoms with Gasteiger partial charge in [0.05, 0.1) is 13.2 Å². The lowest BCUT2D eigenvalue weighted by atomic mass is 10.1. The minimum Gasteiger partial charge on any atom is -0.376 e. The van der Waals surface area contributed by atoms with Crippen molar-refractivity contribution in [3.05, 3.63) is 21.9 Å². The monoisotopic (exact) mass is 227 g/mol. The van der Waals surface area contributed by atoms with Crippen molar-refractivity contribution in [1.29, 1.82) is 0 Å². The van der Waals surface area contributed by atoms with Gasteiger partial charge in [0, 0.05) is 10.9 Å². The van der Waals surface area contributed by atoms with Crippen LogP contribution in [0.15, 0.2) is 11.4 Å². The van der Waals surface area contributed by atoms with Gasteiger partial charge in [-0.05, 0) is 30.9 Å². The van der Waals surface area contributed by atoms with Gasteiger partial charge in [-0.3, -0.25) is 0 Å². The van der Waals surface area contributed by atoms with E-state index in [0.717, 1.165) is 0 Å². The highest BCUT2D eigenvalue weighted by Gasteiger charge is 2.28. The molecule has 1 aromatic rings. The highest BCUT2D eigenvalue weighted by Crippen LogP contribution is 2.30. The van der Waals surface area contributed by atoms with Crippen LogP contribution in [0, 0.1) is 6.92 Å². The smallest absolute Gasteiger partial charge is 0.107 e. The number of hydrogen-bond acceptors (Lipinski definition) is 4. The molecule has 1 aromatic heterocycles. The molecular formula is C11H17NO2S. The zero-order chi connectivity index (χ0) is 10.8. The van der Waals surface area contributed by atoms with Gasteiger partial charge in [-0.2, -0.15) is 0 Å². The minimum atomic E-state index is 0.0129. The van der Waals surface area contributed by atoms with E-state index in [1.165, 1.54) is 10.4 Å². The fourth-order valence-corrected chi connectivity index (χ4v) is 2.68. The number of rotatable bonds is 4. The Bertz CT molecular complexity index is 320. The Morgan fingerprint density at radius 1 is 1.60 bits per heavy atom. The highest BCUT2D eigenvalue weighted by atomic mass is 32.1. The topological polar surface area (TPSA) is 44.5 Å². The fraction of sp³-hybridized carbons (Fsp3) is 0.636. The fourth-order valence-electron chi connectivity index (χ4n) is 1.60. The van der Waals surface area contributed by atoms with Gasteiger partial charge in [0.25, 0.3) is 0 Å². The second-order valence-corrected chi connectivity index (χ2v) is 4.99. The Kier molecular flexibility index (Phi) is 3.41. The van der Waals surface area contributed by atoms with Crippen molar-refractivity contribution >= 4 is 11.3 Å². The Morgan fingerprint density at radius 2 is 2.33 bits per heavy atom. The van der Waals surface area contributed by atoms with Crippen LogP contribution in [0.5, 0.6) is 0 Å². The minimum absolute atomic E-state index is 0.0129. The maximum atomic E-state index is 5.96. The van der Waals surface area contributed by atoms with E-state index in [2.05, 4.69) is 18.4 Å². The van der Waals surface area contributed by atoms with E-state index in [9.17, 15) is 0 Å². The summed E-state index contributed by atoms with van der Waals surface area (Å²) in [6.45, 7) is 5.49. The second kappa shape index (κ2) is 4.61. The van der Waals surface area contributed by atoms with Gasteiger partial charge in [0.1, 0.15) is 12.2 Å². The molecule has 2 atom stereocenters. The highest BCUT2D eigenvalue weighted by molar-refractivity contribution is 7.10. The second-order valence-electron chi connectivity index (χ2n) is 4.04. The number of hydrogen-bond donors (Lipinski definition) is 1. The predicted octanol–water partition coefficient (Wildman–Crippen LogP) is 1.86. The summed E-state index contributed by atoms with van der Waals surface area (Å²) < 4.78 is 11.0. The third kappa shape index (κ3) is 2.39. The van der Waals surface area contributed by atoms with E-state index >= 15 is 0 Å². The van der Waals surface area contributed by atoms with Crippen LogP contribution in [0.4, 0.5) is 0 Å². The summed E-state index contributed by atoms with van der Waals surface area (Å²) in [6, 6.07) is 2.12. The Hall–Kier alpha value is -0.420. The number of nitrogens with two attached hydrogens (primary N) is 1. The molecule has 1 saturated heterocycles. The van der Waals surface area contributed by atoms with Crippen molar-refractivity contribution in [2.45, 2.75) is 32.1 Å². The normalized spacial score (nSPS) is 21.0. The van der Waals surface area contributed by atoms with Crippen molar-refractivity contribution < 1.29 is 9.47 Å². The first-order valence-electron chi connectivity index (χ1n) is 5.21. The molecular weight excluding hydrogens is 210 g/mol. The molecule has 1 fully saturated rings. The molecule has 0 amide bonds. The molecule has 2 N–H and O–H groups in total. The third-order valence-corrected chi connectivity index (χ3v) is 3.66. The third-order valence-electron chi connectivity index (χ3n) is 2.58. The van der Waals surface area contributed by atoms with Crippen molar-refractivity contribution in [1.82, 2.24) is 0 Å². The van der Waals surface area contributed by atoms with Gasteiger partial charge in [-0.25, -0.2) is 0 Å². The lowest BCUT2D eigenvalue weighted by Crippen LogP contribution is -2.40. The zero-order valence-electron chi connectivity index (χ0n) is 9.10. The Labute approximate surface area is 94.2 Å². The molecule has 1 aliphatic heterocycles. The summed E-state index contributed by atoms with van der Waals surface area (Å²) in [5, 5.41) is 2.08. The lowest BCUT2D eigenvalue weighted by Gasteiger charge is -2.32. The molecule has 0 aromatic carbocycles. The average molecular weight is 227 g/mol. The first-order chi connectivity index (χ1) is 7.18. The molecule has 0 spiro atoms. The van der Waals surface area contributed by atoms with E-state index in [-0.39, 0.29) is 18.2 Å². The summed E-state index contributed by atoms with van der Waals surface area (Å²) in [5.41, 5.74) is 7.23. The van der Waals surface area contributed by atoms with Crippen LogP contribution in [-0.2, 0) is 9.47 Å². The predicted molar refractivity (Wildman–Crippen MR) is 61.1 cm³/mol. The van der Waals surface area contributed by atoms with E-state index in [4.69, 9.17) is 15.2 Å². The van der Waals surface area contributed by atoms with Gasteiger partial charge < -0.3 is 15.2 Å². The number of ether oxygens (including phenoxy) is 2. The molecule has 4 heteroatoms. The van der Waals surface area contributed by atoms with E-state index < -0.39 is 0 Å². The quantitative estimate of drug-likeness (QED) is 0.854. The van der Waals surface area contributed by atoms with Crippen molar-refractivity contribution in [2.75, 3.05) is 13.2 Å². The van der Waals surface area contributed by atoms with E-state index in [0.29, 0.717) is 13.2 Å². The van der Waals surface area contributed by atoms with Crippen LogP contribution in [0.2, 0.25) is 0 Å². The molecule has 2 heterocycles. The summed E-state index contributed by atoms with van der Waals surface area (Å²) in [6.07, 6.45) is 0.237. The molecule has 84 valence electrons. The Morgan fingerprint density at radius 3 is 2.73 bits per heavy atom. The maximum Gasteiger partial charge on any atom is 0.107 e. The molecule has 0 radical (unpaired) electrons. The van der Waals surface area contributed by atoms with Crippen LogP contribution in [-0.4, -0.2) is 25.4 Å². The van der Waals surface area contributed by atoms with Gasteiger partial charge >= 0.3 is 0 Å². The maximum absolute atomic E-state index is 5.96.